The maximum atomic E-state index is 12.0. The van der Waals surface area contributed by atoms with Crippen LogP contribution in [0.25, 0.3) is 6.08 Å². The highest BCUT2D eigenvalue weighted by molar-refractivity contribution is 8.00. The molecule has 0 fully saturated rings. The SMILES string of the molecule is CSc1sc(C(=O)NNS(C)(=O)=O)c2c1C=CCC2. The molecule has 8 heteroatoms. The van der Waals surface area contributed by atoms with E-state index in [1.165, 1.54) is 11.3 Å². The van der Waals surface area contributed by atoms with Gasteiger partial charge in [-0.3, -0.25) is 10.2 Å². The van der Waals surface area contributed by atoms with Crippen LogP contribution in [0.5, 0.6) is 0 Å². The number of nitrogens with one attached hydrogen (secondary N) is 2. The number of rotatable bonds is 4. The molecule has 0 saturated carbocycles. The molecule has 104 valence electrons. The summed E-state index contributed by atoms with van der Waals surface area (Å²) in [5, 5.41) is 0. The maximum absolute atomic E-state index is 12.0. The van der Waals surface area contributed by atoms with Gasteiger partial charge in [0.05, 0.1) is 15.3 Å². The van der Waals surface area contributed by atoms with E-state index in [-0.39, 0.29) is 0 Å². The van der Waals surface area contributed by atoms with Crippen molar-refractivity contribution in [3.8, 4) is 0 Å². The summed E-state index contributed by atoms with van der Waals surface area (Å²) in [5.74, 6) is -0.401. The predicted octanol–water partition coefficient (Wildman–Crippen LogP) is 1.62. The minimum Gasteiger partial charge on any atom is -0.273 e. The molecule has 0 aliphatic heterocycles. The average Bonchev–Trinajstić information content (AvgIpc) is 2.74. The summed E-state index contributed by atoms with van der Waals surface area (Å²) >= 11 is 2.99. The second kappa shape index (κ2) is 5.66. The average molecular weight is 318 g/mol. The molecular formula is C11H14N2O3S3. The van der Waals surface area contributed by atoms with E-state index in [1.54, 1.807) is 11.8 Å². The van der Waals surface area contributed by atoms with Crippen molar-refractivity contribution in [3.63, 3.8) is 0 Å². The first-order valence-corrected chi connectivity index (χ1v) is 9.49. The van der Waals surface area contributed by atoms with Crippen molar-refractivity contribution in [1.29, 1.82) is 0 Å². The molecule has 1 aliphatic carbocycles. The number of fused-ring (bicyclic) bond motifs is 1. The highest BCUT2D eigenvalue weighted by atomic mass is 32.2. The lowest BCUT2D eigenvalue weighted by Crippen LogP contribution is -2.40. The van der Waals surface area contributed by atoms with Crippen molar-refractivity contribution in [2.24, 2.45) is 0 Å². The standard InChI is InChI=1S/C11H14N2O3S3/c1-17-11-8-6-4-3-5-7(8)9(18-11)10(14)12-13-19(2,15)16/h4,6,13H,3,5H2,1-2H3,(H,12,14). The first kappa shape index (κ1) is 14.6. The maximum Gasteiger partial charge on any atom is 0.276 e. The highest BCUT2D eigenvalue weighted by Crippen LogP contribution is 2.38. The fraction of sp³-hybridized carbons (Fsp3) is 0.364. The first-order chi connectivity index (χ1) is 8.92. The number of thiophene rings is 1. The Morgan fingerprint density at radius 1 is 1.47 bits per heavy atom. The number of sulfonamides is 1. The van der Waals surface area contributed by atoms with Crippen molar-refractivity contribution < 1.29 is 13.2 Å². The lowest BCUT2D eigenvalue weighted by molar-refractivity contribution is 0.0948. The van der Waals surface area contributed by atoms with Gasteiger partial charge in [0.1, 0.15) is 0 Å². The van der Waals surface area contributed by atoms with Crippen LogP contribution in [0.15, 0.2) is 10.3 Å². The number of hydrazine groups is 1. The molecule has 0 bridgehead atoms. The molecular weight excluding hydrogens is 304 g/mol. The Morgan fingerprint density at radius 3 is 2.84 bits per heavy atom. The van der Waals surface area contributed by atoms with E-state index in [1.807, 2.05) is 17.2 Å². The van der Waals surface area contributed by atoms with Gasteiger partial charge in [0.2, 0.25) is 10.0 Å². The number of thioether (sulfide) groups is 1. The molecule has 0 atom stereocenters. The molecule has 0 unspecified atom stereocenters. The Morgan fingerprint density at radius 2 is 2.21 bits per heavy atom. The second-order valence-electron chi connectivity index (χ2n) is 4.08. The Bertz CT molecular complexity index is 632. The molecule has 1 aliphatic rings. The molecule has 2 rings (SSSR count). The van der Waals surface area contributed by atoms with E-state index in [9.17, 15) is 13.2 Å². The molecule has 0 radical (unpaired) electrons. The summed E-state index contributed by atoms with van der Waals surface area (Å²) in [5.41, 5.74) is 4.32. The van der Waals surface area contributed by atoms with Gasteiger partial charge < -0.3 is 0 Å². The Kier molecular flexibility index (Phi) is 4.34. The Hall–Kier alpha value is -0.830. The van der Waals surface area contributed by atoms with Gasteiger partial charge in [0.15, 0.2) is 0 Å². The Labute approximate surface area is 120 Å². The quantitative estimate of drug-likeness (QED) is 0.653. The van der Waals surface area contributed by atoms with Gasteiger partial charge in [-0.25, -0.2) is 8.42 Å². The van der Waals surface area contributed by atoms with Gasteiger partial charge in [-0.2, -0.15) is 0 Å². The molecule has 2 N–H and O–H groups in total. The van der Waals surface area contributed by atoms with Crippen molar-refractivity contribution in [2.45, 2.75) is 17.1 Å². The van der Waals surface area contributed by atoms with Crippen LogP contribution in [0.3, 0.4) is 0 Å². The molecule has 5 nitrogen and oxygen atoms in total. The molecule has 0 saturated heterocycles. The minimum absolute atomic E-state index is 0.401. The third-order valence-corrected chi connectivity index (χ3v) is 5.46. The smallest absolute Gasteiger partial charge is 0.273 e. The van der Waals surface area contributed by atoms with Crippen LogP contribution < -0.4 is 10.3 Å². The summed E-state index contributed by atoms with van der Waals surface area (Å²) in [6, 6.07) is 0. The summed E-state index contributed by atoms with van der Waals surface area (Å²) in [4.78, 5) is 14.6. The normalized spacial score (nSPS) is 14.2. The highest BCUT2D eigenvalue weighted by Gasteiger charge is 2.22. The molecule has 1 amide bonds. The first-order valence-electron chi connectivity index (χ1n) is 5.55. The fourth-order valence-corrected chi connectivity index (χ4v) is 4.07. The molecule has 1 aromatic heterocycles. The van der Waals surface area contributed by atoms with Crippen LogP contribution in [0, 0.1) is 0 Å². The van der Waals surface area contributed by atoms with Gasteiger partial charge >= 0.3 is 0 Å². The second-order valence-corrected chi connectivity index (χ2v) is 7.93. The lowest BCUT2D eigenvalue weighted by Gasteiger charge is -2.09. The summed E-state index contributed by atoms with van der Waals surface area (Å²) < 4.78 is 23.0. The molecule has 0 aromatic carbocycles. The van der Waals surface area contributed by atoms with E-state index < -0.39 is 15.9 Å². The molecule has 19 heavy (non-hydrogen) atoms. The van der Waals surface area contributed by atoms with Gasteiger partial charge in [0.25, 0.3) is 5.91 Å². The van der Waals surface area contributed by atoms with Crippen molar-refractivity contribution >= 4 is 45.1 Å². The summed E-state index contributed by atoms with van der Waals surface area (Å²) in [7, 11) is -3.44. The van der Waals surface area contributed by atoms with Gasteiger partial charge in [-0.05, 0) is 24.7 Å². The van der Waals surface area contributed by atoms with Crippen molar-refractivity contribution in [3.05, 3.63) is 22.1 Å². The lowest BCUT2D eigenvalue weighted by atomic mass is 10.00. The summed E-state index contributed by atoms with van der Waals surface area (Å²) in [6.07, 6.45) is 8.78. The third-order valence-electron chi connectivity index (χ3n) is 2.60. The zero-order valence-corrected chi connectivity index (χ0v) is 13.0. The summed E-state index contributed by atoms with van der Waals surface area (Å²) in [6.45, 7) is 0. The number of hydrogen-bond acceptors (Lipinski definition) is 5. The van der Waals surface area contributed by atoms with Gasteiger partial charge in [0, 0.05) is 5.56 Å². The molecule has 1 heterocycles. The van der Waals surface area contributed by atoms with Crippen LogP contribution >= 0.6 is 23.1 Å². The molecule has 1 aromatic rings. The van der Waals surface area contributed by atoms with Crippen LogP contribution in [0.1, 0.15) is 27.2 Å². The van der Waals surface area contributed by atoms with Crippen LogP contribution in [-0.4, -0.2) is 26.8 Å². The monoisotopic (exact) mass is 318 g/mol. The topological polar surface area (TPSA) is 75.3 Å². The van der Waals surface area contributed by atoms with Crippen molar-refractivity contribution in [2.75, 3.05) is 12.5 Å². The fourth-order valence-electron chi connectivity index (χ4n) is 1.83. The predicted molar refractivity (Wildman–Crippen MR) is 78.9 cm³/mol. The van der Waals surface area contributed by atoms with E-state index in [4.69, 9.17) is 0 Å². The number of amides is 1. The van der Waals surface area contributed by atoms with Gasteiger partial charge in [-0.1, -0.05) is 12.2 Å². The van der Waals surface area contributed by atoms with Crippen molar-refractivity contribution in [1.82, 2.24) is 10.3 Å². The van der Waals surface area contributed by atoms with Gasteiger partial charge in [-0.15, -0.1) is 27.9 Å². The Balaban J connectivity index is 2.28. The number of hydrogen-bond donors (Lipinski definition) is 2. The zero-order valence-electron chi connectivity index (χ0n) is 10.5. The third kappa shape index (κ3) is 3.38. The minimum atomic E-state index is -3.44. The number of carbonyl (C=O) groups is 1. The van der Waals surface area contributed by atoms with E-state index in [2.05, 4.69) is 11.5 Å². The van der Waals surface area contributed by atoms with Crippen LogP contribution in [-0.2, 0) is 16.4 Å². The van der Waals surface area contributed by atoms with E-state index in [0.717, 1.165) is 34.4 Å². The zero-order chi connectivity index (χ0) is 14.0. The molecule has 0 spiro atoms. The van der Waals surface area contributed by atoms with E-state index in [0.29, 0.717) is 4.88 Å². The van der Waals surface area contributed by atoms with E-state index >= 15 is 0 Å². The largest absolute Gasteiger partial charge is 0.276 e. The van der Waals surface area contributed by atoms with Crippen LogP contribution in [0.2, 0.25) is 0 Å². The van der Waals surface area contributed by atoms with Crippen LogP contribution in [0.4, 0.5) is 0 Å². The number of carbonyl (C=O) groups excluding carboxylic acids is 1. The number of allylic oxidation sites excluding steroid dienone is 1.